The van der Waals surface area contributed by atoms with Crippen LogP contribution in [-0.2, 0) is 10.0 Å². The second-order valence-corrected chi connectivity index (χ2v) is 7.95. The summed E-state index contributed by atoms with van der Waals surface area (Å²) in [7, 11) is -3.75. The molecule has 0 amide bonds. The lowest BCUT2D eigenvalue weighted by Gasteiger charge is -2.10. The summed E-state index contributed by atoms with van der Waals surface area (Å²) in [6, 6.07) is 15.6. The maximum Gasteiger partial charge on any atom is 0.263 e. The van der Waals surface area contributed by atoms with Crippen LogP contribution in [0.25, 0.3) is 0 Å². The molecule has 0 aliphatic heterocycles. The Labute approximate surface area is 157 Å². The van der Waals surface area contributed by atoms with Gasteiger partial charge in [-0.1, -0.05) is 26.0 Å². The van der Waals surface area contributed by atoms with Crippen molar-refractivity contribution in [3.63, 3.8) is 0 Å². The molecule has 0 radical (unpaired) electrons. The van der Waals surface area contributed by atoms with Gasteiger partial charge in [0.2, 0.25) is 0 Å². The molecule has 0 saturated carbocycles. The first kappa shape index (κ1) is 18.8. The van der Waals surface area contributed by atoms with Crippen LogP contribution in [0.5, 0.6) is 0 Å². The zero-order chi connectivity index (χ0) is 19.4. The van der Waals surface area contributed by atoms with Crippen LogP contribution < -0.4 is 10.0 Å². The Balaban J connectivity index is 1.70. The van der Waals surface area contributed by atoms with Crippen LogP contribution in [0.2, 0.25) is 0 Å². The van der Waals surface area contributed by atoms with Crippen molar-refractivity contribution in [2.24, 2.45) is 0 Å². The van der Waals surface area contributed by atoms with Crippen molar-refractivity contribution in [2.45, 2.75) is 24.7 Å². The number of aromatic nitrogens is 2. The molecule has 27 heavy (non-hydrogen) atoms. The molecule has 2 N–H and O–H groups in total. The number of nitrogens with one attached hydrogen (secondary N) is 2. The van der Waals surface area contributed by atoms with Gasteiger partial charge >= 0.3 is 0 Å². The van der Waals surface area contributed by atoms with Gasteiger partial charge in [0, 0.05) is 5.69 Å². The normalized spacial score (nSPS) is 11.4. The van der Waals surface area contributed by atoms with E-state index in [1.165, 1.54) is 18.2 Å². The van der Waals surface area contributed by atoms with Gasteiger partial charge in [-0.25, -0.2) is 12.8 Å². The van der Waals surface area contributed by atoms with Gasteiger partial charge in [0.1, 0.15) is 5.82 Å². The van der Waals surface area contributed by atoms with Crippen LogP contribution in [0.15, 0.2) is 65.6 Å². The summed E-state index contributed by atoms with van der Waals surface area (Å²) in [6.45, 7) is 4.08. The molecule has 1 heterocycles. The van der Waals surface area contributed by atoms with E-state index in [-0.39, 0.29) is 16.5 Å². The highest BCUT2D eigenvalue weighted by molar-refractivity contribution is 7.92. The number of sulfonamides is 1. The quantitative estimate of drug-likeness (QED) is 0.660. The standard InChI is InChI=1S/C19H19FN4O2S/c1-13(2)14-3-9-17(10-4-14)27(25,26)24-19-12-11-18(22-23-19)21-16-7-5-15(20)6-8-16/h3-13H,1-2H3,(H,21,22)(H,23,24). The van der Waals surface area contributed by atoms with Gasteiger partial charge in [-0.15, -0.1) is 10.2 Å². The topological polar surface area (TPSA) is 84.0 Å². The molecule has 0 aliphatic carbocycles. The first-order chi connectivity index (χ1) is 12.8. The van der Waals surface area contributed by atoms with E-state index >= 15 is 0 Å². The zero-order valence-electron chi connectivity index (χ0n) is 14.8. The summed E-state index contributed by atoms with van der Waals surface area (Å²) in [5.41, 5.74) is 1.70. The fourth-order valence-corrected chi connectivity index (χ4v) is 3.36. The molecule has 1 aromatic heterocycles. The molecule has 2 aromatic carbocycles. The fraction of sp³-hybridized carbons (Fsp3) is 0.158. The molecule has 0 unspecified atom stereocenters. The van der Waals surface area contributed by atoms with E-state index in [1.807, 2.05) is 13.8 Å². The number of benzene rings is 2. The molecular weight excluding hydrogens is 367 g/mol. The van der Waals surface area contributed by atoms with Crippen LogP contribution in [0, 0.1) is 5.82 Å². The number of halogens is 1. The van der Waals surface area contributed by atoms with Crippen molar-refractivity contribution >= 4 is 27.3 Å². The molecule has 0 spiro atoms. The average molecular weight is 386 g/mol. The van der Waals surface area contributed by atoms with E-state index in [9.17, 15) is 12.8 Å². The van der Waals surface area contributed by atoms with Gasteiger partial charge in [-0.05, 0) is 60.0 Å². The van der Waals surface area contributed by atoms with Crippen molar-refractivity contribution < 1.29 is 12.8 Å². The molecule has 140 valence electrons. The van der Waals surface area contributed by atoms with Crippen LogP contribution in [0.1, 0.15) is 25.3 Å². The predicted molar refractivity (Wildman–Crippen MR) is 103 cm³/mol. The third-order valence-corrected chi connectivity index (χ3v) is 5.25. The second-order valence-electron chi connectivity index (χ2n) is 6.26. The molecule has 0 aliphatic rings. The van der Waals surface area contributed by atoms with Gasteiger partial charge in [-0.2, -0.15) is 0 Å². The summed E-state index contributed by atoms with van der Waals surface area (Å²) in [5, 5.41) is 10.8. The zero-order valence-corrected chi connectivity index (χ0v) is 15.7. The number of anilines is 3. The highest BCUT2D eigenvalue weighted by Gasteiger charge is 2.15. The number of rotatable bonds is 6. The molecule has 3 aromatic rings. The van der Waals surface area contributed by atoms with E-state index in [0.717, 1.165) is 5.56 Å². The second kappa shape index (κ2) is 7.71. The smallest absolute Gasteiger partial charge is 0.263 e. The Hall–Kier alpha value is -3.00. The largest absolute Gasteiger partial charge is 0.339 e. The van der Waals surface area contributed by atoms with Crippen molar-refractivity contribution in [2.75, 3.05) is 10.0 Å². The number of nitrogens with zero attached hydrogens (tertiary/aromatic N) is 2. The van der Waals surface area contributed by atoms with E-state index in [4.69, 9.17) is 0 Å². The summed E-state index contributed by atoms with van der Waals surface area (Å²) in [6.07, 6.45) is 0. The number of hydrogen-bond acceptors (Lipinski definition) is 5. The van der Waals surface area contributed by atoms with Crippen LogP contribution >= 0.6 is 0 Å². The molecule has 0 atom stereocenters. The minimum Gasteiger partial charge on any atom is -0.339 e. The van der Waals surface area contributed by atoms with E-state index in [0.29, 0.717) is 17.4 Å². The molecule has 6 nitrogen and oxygen atoms in total. The molecule has 3 rings (SSSR count). The lowest BCUT2D eigenvalue weighted by Crippen LogP contribution is -2.14. The van der Waals surface area contributed by atoms with Crippen LogP contribution in [0.3, 0.4) is 0 Å². The number of hydrogen-bond donors (Lipinski definition) is 2. The van der Waals surface area contributed by atoms with Gasteiger partial charge in [0.15, 0.2) is 11.6 Å². The summed E-state index contributed by atoms with van der Waals surface area (Å²) >= 11 is 0. The monoisotopic (exact) mass is 386 g/mol. The first-order valence-corrected chi connectivity index (χ1v) is 9.81. The molecule has 8 heteroatoms. The predicted octanol–water partition coefficient (Wildman–Crippen LogP) is 4.28. The van der Waals surface area contributed by atoms with Gasteiger partial charge in [0.05, 0.1) is 4.90 Å². The van der Waals surface area contributed by atoms with Gasteiger partial charge < -0.3 is 5.32 Å². The third-order valence-electron chi connectivity index (χ3n) is 3.88. The minimum atomic E-state index is -3.75. The van der Waals surface area contributed by atoms with E-state index in [1.54, 1.807) is 42.5 Å². The van der Waals surface area contributed by atoms with Crippen molar-refractivity contribution in [3.8, 4) is 0 Å². The van der Waals surface area contributed by atoms with Crippen molar-refractivity contribution in [1.29, 1.82) is 0 Å². The Morgan fingerprint density at radius 1 is 0.852 bits per heavy atom. The SMILES string of the molecule is CC(C)c1ccc(S(=O)(=O)Nc2ccc(Nc3ccc(F)cc3)nn2)cc1. The Bertz CT molecular complexity index is 1000. The molecule has 0 bridgehead atoms. The molecule has 0 saturated heterocycles. The molecular formula is C19H19FN4O2S. The van der Waals surface area contributed by atoms with Crippen molar-refractivity contribution in [3.05, 3.63) is 72.0 Å². The summed E-state index contributed by atoms with van der Waals surface area (Å²) in [5.74, 6) is 0.498. The lowest BCUT2D eigenvalue weighted by atomic mass is 10.0. The van der Waals surface area contributed by atoms with Crippen molar-refractivity contribution in [1.82, 2.24) is 10.2 Å². The van der Waals surface area contributed by atoms with E-state index in [2.05, 4.69) is 20.2 Å². The average Bonchev–Trinajstić information content (AvgIpc) is 2.65. The van der Waals surface area contributed by atoms with Gasteiger partial charge in [0.25, 0.3) is 10.0 Å². The summed E-state index contributed by atoms with van der Waals surface area (Å²) in [4.78, 5) is 0.155. The Morgan fingerprint density at radius 2 is 1.44 bits per heavy atom. The van der Waals surface area contributed by atoms with Crippen LogP contribution in [0.4, 0.5) is 21.7 Å². The lowest BCUT2D eigenvalue weighted by molar-refractivity contribution is 0.601. The third kappa shape index (κ3) is 4.79. The maximum atomic E-state index is 12.9. The summed E-state index contributed by atoms with van der Waals surface area (Å²) < 4.78 is 40.2. The highest BCUT2D eigenvalue weighted by Crippen LogP contribution is 2.20. The minimum absolute atomic E-state index is 0.104. The Kier molecular flexibility index (Phi) is 5.36. The van der Waals surface area contributed by atoms with Crippen LogP contribution in [-0.4, -0.2) is 18.6 Å². The van der Waals surface area contributed by atoms with Gasteiger partial charge in [-0.3, -0.25) is 4.72 Å². The first-order valence-electron chi connectivity index (χ1n) is 8.32. The molecule has 0 fully saturated rings. The Morgan fingerprint density at radius 3 is 2.00 bits per heavy atom. The maximum absolute atomic E-state index is 12.9. The van der Waals surface area contributed by atoms with E-state index < -0.39 is 10.0 Å². The fourth-order valence-electron chi connectivity index (χ4n) is 2.36. The highest BCUT2D eigenvalue weighted by atomic mass is 32.2.